The quantitative estimate of drug-likeness (QED) is 0.243. The highest BCUT2D eigenvalue weighted by molar-refractivity contribution is 6.30. The SMILES string of the molecule is CCOc1cc(C=NNC(=O)CC(=O)Nc2ccc(Cl)cc2)ccc1OCc1ccccc1C#N. The first-order chi connectivity index (χ1) is 17.0. The number of nitrogens with zero attached hydrogens (tertiary/aromatic N) is 2. The first kappa shape index (κ1) is 25.3. The minimum Gasteiger partial charge on any atom is -0.490 e. The summed E-state index contributed by atoms with van der Waals surface area (Å²) in [4.78, 5) is 24.0. The Labute approximate surface area is 208 Å². The van der Waals surface area contributed by atoms with Gasteiger partial charge in [-0.05, 0) is 61.0 Å². The van der Waals surface area contributed by atoms with Crippen molar-refractivity contribution in [3.05, 3.63) is 88.4 Å². The summed E-state index contributed by atoms with van der Waals surface area (Å²) in [5.41, 5.74) is 4.84. The first-order valence-corrected chi connectivity index (χ1v) is 11.1. The molecular formula is C26H23ClN4O4. The lowest BCUT2D eigenvalue weighted by Gasteiger charge is -2.13. The predicted molar refractivity (Wildman–Crippen MR) is 134 cm³/mol. The van der Waals surface area contributed by atoms with Gasteiger partial charge in [0, 0.05) is 16.3 Å². The van der Waals surface area contributed by atoms with Crippen LogP contribution in [0.25, 0.3) is 0 Å². The fraction of sp³-hybridized carbons (Fsp3) is 0.154. The molecule has 0 saturated heterocycles. The fourth-order valence-corrected chi connectivity index (χ4v) is 3.13. The van der Waals surface area contributed by atoms with Gasteiger partial charge < -0.3 is 14.8 Å². The van der Waals surface area contributed by atoms with Crippen molar-refractivity contribution in [3.63, 3.8) is 0 Å². The van der Waals surface area contributed by atoms with Crippen molar-refractivity contribution in [2.75, 3.05) is 11.9 Å². The number of carbonyl (C=O) groups excluding carboxylic acids is 2. The normalized spacial score (nSPS) is 10.4. The van der Waals surface area contributed by atoms with Crippen molar-refractivity contribution in [1.29, 1.82) is 5.26 Å². The maximum absolute atomic E-state index is 12.0. The number of benzene rings is 3. The molecule has 35 heavy (non-hydrogen) atoms. The Morgan fingerprint density at radius 2 is 1.80 bits per heavy atom. The van der Waals surface area contributed by atoms with Crippen molar-refractivity contribution in [1.82, 2.24) is 5.43 Å². The van der Waals surface area contributed by atoms with Gasteiger partial charge >= 0.3 is 0 Å². The second-order valence-corrected chi connectivity index (χ2v) is 7.66. The summed E-state index contributed by atoms with van der Waals surface area (Å²) in [7, 11) is 0. The maximum atomic E-state index is 12.0. The molecule has 0 aliphatic rings. The third kappa shape index (κ3) is 7.88. The van der Waals surface area contributed by atoms with Crippen molar-refractivity contribution in [2.45, 2.75) is 20.0 Å². The molecule has 0 saturated carbocycles. The van der Waals surface area contributed by atoms with Gasteiger partial charge in [0.15, 0.2) is 11.5 Å². The zero-order valence-corrected chi connectivity index (χ0v) is 19.7. The van der Waals surface area contributed by atoms with E-state index >= 15 is 0 Å². The molecule has 0 aliphatic carbocycles. The number of hydrogen-bond acceptors (Lipinski definition) is 6. The smallest absolute Gasteiger partial charge is 0.249 e. The van der Waals surface area contributed by atoms with Crippen molar-refractivity contribution in [3.8, 4) is 17.6 Å². The van der Waals surface area contributed by atoms with Gasteiger partial charge in [-0.15, -0.1) is 0 Å². The van der Waals surface area contributed by atoms with Crippen LogP contribution in [-0.4, -0.2) is 24.6 Å². The molecule has 3 aromatic rings. The van der Waals surface area contributed by atoms with Crippen LogP contribution in [0.4, 0.5) is 5.69 Å². The van der Waals surface area contributed by atoms with E-state index in [0.717, 1.165) is 5.56 Å². The topological polar surface area (TPSA) is 113 Å². The summed E-state index contributed by atoms with van der Waals surface area (Å²) in [6, 6.07) is 21.1. The van der Waals surface area contributed by atoms with Gasteiger partial charge in [-0.1, -0.05) is 29.8 Å². The molecule has 0 unspecified atom stereocenters. The summed E-state index contributed by atoms with van der Waals surface area (Å²) < 4.78 is 11.5. The number of amides is 2. The number of nitriles is 1. The average Bonchev–Trinajstić information content (AvgIpc) is 2.85. The summed E-state index contributed by atoms with van der Waals surface area (Å²) in [5, 5.41) is 16.3. The Balaban J connectivity index is 1.56. The molecule has 0 heterocycles. The van der Waals surface area contributed by atoms with Gasteiger partial charge in [0.25, 0.3) is 0 Å². The molecule has 178 valence electrons. The number of nitrogens with one attached hydrogen (secondary N) is 2. The Hall–Kier alpha value is -4.35. The zero-order valence-electron chi connectivity index (χ0n) is 19.0. The third-order valence-electron chi connectivity index (χ3n) is 4.64. The van der Waals surface area contributed by atoms with Crippen LogP contribution < -0.4 is 20.2 Å². The molecule has 0 aromatic heterocycles. The minimum absolute atomic E-state index is 0.214. The number of anilines is 1. The monoisotopic (exact) mass is 490 g/mol. The number of halogens is 1. The van der Waals surface area contributed by atoms with Crippen molar-refractivity contribution >= 4 is 35.3 Å². The number of hydrogen-bond donors (Lipinski definition) is 2. The predicted octanol–water partition coefficient (Wildman–Crippen LogP) is 4.67. The van der Waals surface area contributed by atoms with Crippen LogP contribution in [0, 0.1) is 11.3 Å². The molecular weight excluding hydrogens is 468 g/mol. The van der Waals surface area contributed by atoms with Crippen LogP contribution in [0.3, 0.4) is 0 Å². The average molecular weight is 491 g/mol. The third-order valence-corrected chi connectivity index (χ3v) is 4.89. The second kappa shape index (κ2) is 12.8. The van der Waals surface area contributed by atoms with E-state index in [1.165, 1.54) is 6.21 Å². The van der Waals surface area contributed by atoms with Crippen LogP contribution in [0.1, 0.15) is 30.0 Å². The van der Waals surface area contributed by atoms with Crippen LogP contribution >= 0.6 is 11.6 Å². The molecule has 0 atom stereocenters. The summed E-state index contributed by atoms with van der Waals surface area (Å²) in [6.45, 7) is 2.49. The van der Waals surface area contributed by atoms with Gasteiger partial charge in [0.05, 0.1) is 24.5 Å². The summed E-state index contributed by atoms with van der Waals surface area (Å²) in [5.74, 6) is -0.0220. The maximum Gasteiger partial charge on any atom is 0.249 e. The molecule has 3 rings (SSSR count). The van der Waals surface area contributed by atoms with Crippen LogP contribution in [-0.2, 0) is 16.2 Å². The van der Waals surface area contributed by atoms with Crippen LogP contribution in [0.5, 0.6) is 11.5 Å². The van der Waals surface area contributed by atoms with E-state index in [2.05, 4.69) is 21.9 Å². The Morgan fingerprint density at radius 1 is 1.03 bits per heavy atom. The molecule has 0 spiro atoms. The molecule has 2 amide bonds. The Bertz CT molecular complexity index is 1250. The largest absolute Gasteiger partial charge is 0.490 e. The molecule has 0 aliphatic heterocycles. The lowest BCUT2D eigenvalue weighted by molar-refractivity contribution is -0.126. The van der Waals surface area contributed by atoms with E-state index in [4.69, 9.17) is 21.1 Å². The van der Waals surface area contributed by atoms with Gasteiger partial charge in [0.2, 0.25) is 11.8 Å². The van der Waals surface area contributed by atoms with E-state index in [0.29, 0.717) is 39.9 Å². The highest BCUT2D eigenvalue weighted by Gasteiger charge is 2.10. The first-order valence-electron chi connectivity index (χ1n) is 10.7. The van der Waals surface area contributed by atoms with Gasteiger partial charge in [-0.3, -0.25) is 9.59 Å². The molecule has 0 fully saturated rings. The van der Waals surface area contributed by atoms with Crippen molar-refractivity contribution in [2.24, 2.45) is 5.10 Å². The summed E-state index contributed by atoms with van der Waals surface area (Å²) in [6.07, 6.45) is 1.05. The van der Waals surface area contributed by atoms with E-state index in [1.54, 1.807) is 54.6 Å². The van der Waals surface area contributed by atoms with E-state index in [1.807, 2.05) is 19.1 Å². The number of carbonyl (C=O) groups is 2. The standard InChI is InChI=1S/C26H23ClN4O4/c1-2-34-24-13-18(7-12-23(24)35-17-20-6-4-3-5-19(20)15-28)16-29-31-26(33)14-25(32)30-22-10-8-21(27)9-11-22/h3-13,16H,2,14,17H2,1H3,(H,30,32)(H,31,33). The van der Waals surface area contributed by atoms with Crippen LogP contribution in [0.15, 0.2) is 71.8 Å². The fourth-order valence-electron chi connectivity index (χ4n) is 3.01. The molecule has 8 nitrogen and oxygen atoms in total. The van der Waals surface area contributed by atoms with Gasteiger partial charge in [0.1, 0.15) is 13.0 Å². The highest BCUT2D eigenvalue weighted by Crippen LogP contribution is 2.29. The number of hydrazone groups is 1. The number of rotatable bonds is 10. The Morgan fingerprint density at radius 3 is 2.54 bits per heavy atom. The second-order valence-electron chi connectivity index (χ2n) is 7.22. The van der Waals surface area contributed by atoms with Crippen molar-refractivity contribution < 1.29 is 19.1 Å². The lowest BCUT2D eigenvalue weighted by atomic mass is 10.1. The Kier molecular flexibility index (Phi) is 9.22. The van der Waals surface area contributed by atoms with E-state index in [9.17, 15) is 14.9 Å². The molecule has 3 aromatic carbocycles. The van der Waals surface area contributed by atoms with Crippen LogP contribution in [0.2, 0.25) is 5.02 Å². The molecule has 0 bridgehead atoms. The molecule has 0 radical (unpaired) electrons. The number of ether oxygens (including phenoxy) is 2. The van der Waals surface area contributed by atoms with E-state index in [-0.39, 0.29) is 13.0 Å². The van der Waals surface area contributed by atoms with Gasteiger partial charge in [-0.2, -0.15) is 10.4 Å². The van der Waals surface area contributed by atoms with E-state index < -0.39 is 11.8 Å². The zero-order chi connectivity index (χ0) is 25.0. The molecule has 2 N–H and O–H groups in total. The molecule has 9 heteroatoms. The highest BCUT2D eigenvalue weighted by atomic mass is 35.5. The summed E-state index contributed by atoms with van der Waals surface area (Å²) >= 11 is 5.81. The van der Waals surface area contributed by atoms with Gasteiger partial charge in [-0.25, -0.2) is 5.43 Å². The lowest BCUT2D eigenvalue weighted by Crippen LogP contribution is -2.24. The minimum atomic E-state index is -0.561.